The van der Waals surface area contributed by atoms with E-state index in [4.69, 9.17) is 0 Å². The van der Waals surface area contributed by atoms with Crippen LogP contribution in [-0.4, -0.2) is 49.2 Å². The number of hydrogen-bond donors (Lipinski definition) is 1. The topological polar surface area (TPSA) is 83.6 Å². The third-order valence-corrected chi connectivity index (χ3v) is 7.17. The van der Waals surface area contributed by atoms with Crippen LogP contribution in [0.25, 0.3) is 0 Å². The van der Waals surface area contributed by atoms with Crippen LogP contribution in [0.4, 0.5) is 5.00 Å². The number of hydrogen-bond acceptors (Lipinski definition) is 5. The third kappa shape index (κ3) is 4.61. The van der Waals surface area contributed by atoms with Gasteiger partial charge in [0.05, 0.1) is 21.4 Å². The van der Waals surface area contributed by atoms with Crippen molar-refractivity contribution in [1.29, 1.82) is 0 Å². The predicted octanol–water partition coefficient (Wildman–Crippen LogP) is 2.69. The Morgan fingerprint density at radius 1 is 1.36 bits per heavy atom. The van der Waals surface area contributed by atoms with Crippen molar-refractivity contribution in [3.8, 4) is 0 Å². The Balaban J connectivity index is 2.20. The van der Waals surface area contributed by atoms with Crippen molar-refractivity contribution in [1.82, 2.24) is 4.90 Å². The first-order valence-corrected chi connectivity index (χ1v) is 11.0. The summed E-state index contributed by atoms with van der Waals surface area (Å²) in [5.74, 6) is -0.104. The number of amides is 2. The molecule has 1 aliphatic heterocycles. The molecule has 0 aromatic carbocycles. The summed E-state index contributed by atoms with van der Waals surface area (Å²) in [4.78, 5) is 27.2. The van der Waals surface area contributed by atoms with Crippen LogP contribution in [0.5, 0.6) is 0 Å². The highest BCUT2D eigenvalue weighted by Crippen LogP contribution is 2.31. The smallest absolute Gasteiger partial charge is 0.264 e. The molecule has 2 rings (SSSR count). The molecule has 1 aromatic rings. The zero-order chi connectivity index (χ0) is 19.0. The lowest BCUT2D eigenvalue weighted by Gasteiger charge is -2.26. The van der Waals surface area contributed by atoms with Crippen LogP contribution >= 0.6 is 11.3 Å². The minimum Gasteiger partial charge on any atom is -0.334 e. The molecule has 0 bridgehead atoms. The zero-order valence-corrected chi connectivity index (χ0v) is 17.0. The van der Waals surface area contributed by atoms with E-state index in [-0.39, 0.29) is 29.4 Å². The normalized spacial score (nSPS) is 19.6. The van der Waals surface area contributed by atoms with Gasteiger partial charge in [0.15, 0.2) is 9.84 Å². The van der Waals surface area contributed by atoms with Gasteiger partial charge in [0.1, 0.15) is 0 Å². The van der Waals surface area contributed by atoms with Crippen LogP contribution in [0.2, 0.25) is 0 Å². The summed E-state index contributed by atoms with van der Waals surface area (Å²) in [5, 5.41) is 3.49. The summed E-state index contributed by atoms with van der Waals surface area (Å²) in [6, 6.07) is 1.53. The molecule has 1 unspecified atom stereocenters. The molecule has 0 saturated carbocycles. The number of nitrogens with one attached hydrogen (secondary N) is 1. The maximum absolute atomic E-state index is 12.9. The van der Waals surface area contributed by atoms with E-state index in [1.54, 1.807) is 11.0 Å². The fourth-order valence-electron chi connectivity index (χ4n) is 2.77. The van der Waals surface area contributed by atoms with Crippen molar-refractivity contribution in [2.24, 2.45) is 5.41 Å². The Kier molecular flexibility index (Phi) is 5.63. The number of sulfone groups is 1. The Morgan fingerprint density at radius 2 is 2.00 bits per heavy atom. The number of thiophene rings is 1. The molecule has 1 aliphatic rings. The van der Waals surface area contributed by atoms with Gasteiger partial charge in [0.2, 0.25) is 5.91 Å². The van der Waals surface area contributed by atoms with Gasteiger partial charge in [-0.1, -0.05) is 20.8 Å². The average molecular weight is 387 g/mol. The first-order chi connectivity index (χ1) is 11.4. The summed E-state index contributed by atoms with van der Waals surface area (Å²) in [6.45, 7) is 9.63. The van der Waals surface area contributed by atoms with E-state index in [9.17, 15) is 18.0 Å². The Labute approximate surface area is 153 Å². The van der Waals surface area contributed by atoms with Crippen molar-refractivity contribution in [2.75, 3.05) is 23.4 Å². The Bertz CT molecular complexity index is 775. The SMILES string of the molecule is CCN(C(=O)c1sc(NC(=O)C(C)(C)C)cc1C)C1CCS(=O)(=O)C1. The second-order valence-electron chi connectivity index (χ2n) is 7.47. The number of rotatable bonds is 4. The summed E-state index contributed by atoms with van der Waals surface area (Å²) < 4.78 is 23.4. The van der Waals surface area contributed by atoms with Gasteiger partial charge in [0.25, 0.3) is 5.91 Å². The fraction of sp³-hybridized carbons (Fsp3) is 0.647. The number of anilines is 1. The minimum atomic E-state index is -3.05. The molecule has 1 atom stereocenters. The van der Waals surface area contributed by atoms with E-state index in [0.717, 1.165) is 5.56 Å². The molecule has 1 saturated heterocycles. The molecule has 140 valence electrons. The van der Waals surface area contributed by atoms with Crippen molar-refractivity contribution in [2.45, 2.75) is 47.1 Å². The molecule has 0 spiro atoms. The van der Waals surface area contributed by atoms with E-state index in [2.05, 4.69) is 5.32 Å². The van der Waals surface area contributed by atoms with Crippen LogP contribution in [-0.2, 0) is 14.6 Å². The molecule has 1 N–H and O–H groups in total. The quantitative estimate of drug-likeness (QED) is 0.862. The molecule has 25 heavy (non-hydrogen) atoms. The lowest BCUT2D eigenvalue weighted by molar-refractivity contribution is -0.123. The van der Waals surface area contributed by atoms with E-state index in [1.807, 2.05) is 34.6 Å². The number of carbonyl (C=O) groups is 2. The van der Waals surface area contributed by atoms with Crippen LogP contribution in [0.15, 0.2) is 6.07 Å². The molecule has 2 amide bonds. The summed E-state index contributed by atoms with van der Waals surface area (Å²) in [6.07, 6.45) is 0.486. The average Bonchev–Trinajstić information content (AvgIpc) is 3.01. The van der Waals surface area contributed by atoms with Crippen LogP contribution in [0.1, 0.15) is 49.4 Å². The molecule has 0 aliphatic carbocycles. The van der Waals surface area contributed by atoms with Gasteiger partial charge in [-0.05, 0) is 31.9 Å². The summed E-state index contributed by atoms with van der Waals surface area (Å²) in [7, 11) is -3.05. The van der Waals surface area contributed by atoms with Gasteiger partial charge in [-0.25, -0.2) is 8.42 Å². The summed E-state index contributed by atoms with van der Waals surface area (Å²) >= 11 is 1.24. The van der Waals surface area contributed by atoms with E-state index in [0.29, 0.717) is 22.8 Å². The second kappa shape index (κ2) is 7.07. The molecule has 1 fully saturated rings. The lowest BCUT2D eigenvalue weighted by atomic mass is 9.96. The molecule has 2 heterocycles. The zero-order valence-electron chi connectivity index (χ0n) is 15.4. The Morgan fingerprint density at radius 3 is 2.48 bits per heavy atom. The van der Waals surface area contributed by atoms with Crippen molar-refractivity contribution in [3.63, 3.8) is 0 Å². The molecular formula is C17H26N2O4S2. The van der Waals surface area contributed by atoms with Crippen LogP contribution < -0.4 is 5.32 Å². The van der Waals surface area contributed by atoms with Crippen molar-refractivity contribution in [3.05, 3.63) is 16.5 Å². The summed E-state index contributed by atoms with van der Waals surface area (Å²) in [5.41, 5.74) is 0.272. The number of aryl methyl sites for hydroxylation is 1. The van der Waals surface area contributed by atoms with Gasteiger partial charge < -0.3 is 10.2 Å². The molecule has 6 nitrogen and oxygen atoms in total. The maximum Gasteiger partial charge on any atom is 0.264 e. The largest absolute Gasteiger partial charge is 0.334 e. The van der Waals surface area contributed by atoms with Crippen molar-refractivity contribution < 1.29 is 18.0 Å². The van der Waals surface area contributed by atoms with Crippen LogP contribution in [0, 0.1) is 12.3 Å². The standard InChI is InChI=1S/C17H26N2O4S2/c1-6-19(12-7-8-25(22,23)10-12)15(20)14-11(2)9-13(24-14)18-16(21)17(3,4)5/h9,12H,6-8,10H2,1-5H3,(H,18,21). The third-order valence-electron chi connectivity index (χ3n) is 4.28. The highest BCUT2D eigenvalue weighted by Gasteiger charge is 2.35. The molecule has 1 aromatic heterocycles. The van der Waals surface area contributed by atoms with Gasteiger partial charge in [-0.15, -0.1) is 11.3 Å². The first-order valence-electron chi connectivity index (χ1n) is 8.38. The van der Waals surface area contributed by atoms with Gasteiger partial charge >= 0.3 is 0 Å². The highest BCUT2D eigenvalue weighted by molar-refractivity contribution is 7.91. The number of carbonyl (C=O) groups excluding carboxylic acids is 2. The van der Waals surface area contributed by atoms with Crippen molar-refractivity contribution >= 4 is 38.0 Å². The maximum atomic E-state index is 12.9. The second-order valence-corrected chi connectivity index (χ2v) is 10.8. The number of nitrogens with zero attached hydrogens (tertiary/aromatic N) is 1. The van der Waals surface area contributed by atoms with E-state index >= 15 is 0 Å². The molecule has 0 radical (unpaired) electrons. The first kappa shape index (κ1) is 19.9. The fourth-order valence-corrected chi connectivity index (χ4v) is 5.53. The highest BCUT2D eigenvalue weighted by atomic mass is 32.2. The van der Waals surface area contributed by atoms with Gasteiger partial charge in [-0.2, -0.15) is 0 Å². The monoisotopic (exact) mass is 386 g/mol. The van der Waals surface area contributed by atoms with E-state index < -0.39 is 15.3 Å². The van der Waals surface area contributed by atoms with Gasteiger partial charge in [0, 0.05) is 18.0 Å². The Hall–Kier alpha value is -1.41. The molecular weight excluding hydrogens is 360 g/mol. The molecule has 8 heteroatoms. The van der Waals surface area contributed by atoms with E-state index in [1.165, 1.54) is 11.3 Å². The van der Waals surface area contributed by atoms with Gasteiger partial charge in [-0.3, -0.25) is 9.59 Å². The lowest BCUT2D eigenvalue weighted by Crippen LogP contribution is -2.40. The predicted molar refractivity (Wildman–Crippen MR) is 101 cm³/mol. The van der Waals surface area contributed by atoms with Crippen LogP contribution in [0.3, 0.4) is 0 Å². The minimum absolute atomic E-state index is 0.0324.